The molecule has 0 saturated carbocycles. The minimum absolute atomic E-state index is 0.0431. The quantitative estimate of drug-likeness (QED) is 0.449. The Balaban J connectivity index is 1.51. The summed E-state index contributed by atoms with van der Waals surface area (Å²) < 4.78 is 7.82. The van der Waals surface area contributed by atoms with Crippen LogP contribution in [0.2, 0.25) is 0 Å². The van der Waals surface area contributed by atoms with Gasteiger partial charge in [0.05, 0.1) is 13.2 Å². The highest BCUT2D eigenvalue weighted by Gasteiger charge is 2.17. The van der Waals surface area contributed by atoms with Gasteiger partial charge >= 0.3 is 6.03 Å². The summed E-state index contributed by atoms with van der Waals surface area (Å²) in [6, 6.07) is 15.3. The largest absolute Gasteiger partial charge is 0.379 e. The normalized spacial score (nSPS) is 14.7. The molecule has 2 heterocycles. The van der Waals surface area contributed by atoms with Crippen molar-refractivity contribution in [1.29, 1.82) is 0 Å². The molecule has 0 atom stereocenters. The van der Waals surface area contributed by atoms with Gasteiger partial charge < -0.3 is 19.5 Å². The summed E-state index contributed by atoms with van der Waals surface area (Å²) in [6.07, 6.45) is 3.06. The predicted molar refractivity (Wildman–Crippen MR) is 136 cm³/mol. The number of carbonyl (C=O) groups is 1. The van der Waals surface area contributed by atoms with Gasteiger partial charge in [-0.3, -0.25) is 4.90 Å². The summed E-state index contributed by atoms with van der Waals surface area (Å²) in [4.78, 5) is 17.4. The van der Waals surface area contributed by atoms with Crippen LogP contribution in [0, 0.1) is 0 Å². The molecular formula is C27H38N4O2. The van der Waals surface area contributed by atoms with Crippen LogP contribution in [0.3, 0.4) is 0 Å². The SMILES string of the molecule is CCCCNC(=O)N(CCCN1CCOCC1)Cc1ccc2c(c1)c1ccccc1n2CC. The van der Waals surface area contributed by atoms with Gasteiger partial charge in [0.2, 0.25) is 0 Å². The average molecular weight is 451 g/mol. The van der Waals surface area contributed by atoms with E-state index in [1.54, 1.807) is 0 Å². The molecule has 3 aromatic rings. The molecule has 2 amide bonds. The van der Waals surface area contributed by atoms with Crippen molar-refractivity contribution in [1.82, 2.24) is 19.7 Å². The number of para-hydroxylation sites is 1. The van der Waals surface area contributed by atoms with Crippen LogP contribution in [-0.2, 0) is 17.8 Å². The molecule has 4 rings (SSSR count). The van der Waals surface area contributed by atoms with Gasteiger partial charge in [0.15, 0.2) is 0 Å². The zero-order valence-electron chi connectivity index (χ0n) is 20.2. The number of rotatable bonds is 10. The number of benzene rings is 2. The van der Waals surface area contributed by atoms with E-state index < -0.39 is 0 Å². The molecule has 0 radical (unpaired) electrons. The summed E-state index contributed by atoms with van der Waals surface area (Å²) in [6.45, 7) is 12.0. The number of nitrogens with zero attached hydrogens (tertiary/aromatic N) is 3. The Hall–Kier alpha value is -2.57. The number of amides is 2. The molecule has 33 heavy (non-hydrogen) atoms. The van der Waals surface area contributed by atoms with Crippen molar-refractivity contribution in [2.24, 2.45) is 0 Å². The maximum Gasteiger partial charge on any atom is 0.317 e. The van der Waals surface area contributed by atoms with Crippen LogP contribution in [0.5, 0.6) is 0 Å². The van der Waals surface area contributed by atoms with Crippen molar-refractivity contribution in [3.8, 4) is 0 Å². The molecule has 1 aliphatic heterocycles. The van der Waals surface area contributed by atoms with Gasteiger partial charge in [0.25, 0.3) is 0 Å². The zero-order valence-corrected chi connectivity index (χ0v) is 20.2. The fourth-order valence-electron chi connectivity index (χ4n) is 4.81. The fraction of sp³-hybridized carbons (Fsp3) is 0.519. The summed E-state index contributed by atoms with van der Waals surface area (Å²) in [5.41, 5.74) is 3.71. The van der Waals surface area contributed by atoms with Crippen molar-refractivity contribution in [3.63, 3.8) is 0 Å². The van der Waals surface area contributed by atoms with Crippen molar-refractivity contribution in [3.05, 3.63) is 48.0 Å². The lowest BCUT2D eigenvalue weighted by Crippen LogP contribution is -2.42. The molecule has 1 saturated heterocycles. The smallest absolute Gasteiger partial charge is 0.317 e. The molecule has 1 aromatic heterocycles. The summed E-state index contributed by atoms with van der Waals surface area (Å²) in [5, 5.41) is 5.67. The number of carbonyl (C=O) groups excluding carboxylic acids is 1. The highest BCUT2D eigenvalue weighted by molar-refractivity contribution is 6.08. The summed E-state index contributed by atoms with van der Waals surface area (Å²) in [7, 11) is 0. The van der Waals surface area contributed by atoms with Crippen molar-refractivity contribution < 1.29 is 9.53 Å². The van der Waals surface area contributed by atoms with E-state index in [4.69, 9.17) is 4.74 Å². The van der Waals surface area contributed by atoms with Gasteiger partial charge in [-0.2, -0.15) is 0 Å². The van der Waals surface area contributed by atoms with Gasteiger partial charge in [-0.05, 0) is 43.5 Å². The maximum absolute atomic E-state index is 13.0. The zero-order chi connectivity index (χ0) is 23.0. The predicted octanol–water partition coefficient (Wildman–Crippen LogP) is 4.85. The van der Waals surface area contributed by atoms with Crippen LogP contribution in [-0.4, -0.2) is 66.3 Å². The Kier molecular flexibility index (Phi) is 8.24. The topological polar surface area (TPSA) is 49.7 Å². The first-order valence-electron chi connectivity index (χ1n) is 12.5. The second-order valence-corrected chi connectivity index (χ2v) is 8.93. The molecule has 1 aliphatic rings. The van der Waals surface area contributed by atoms with E-state index in [1.165, 1.54) is 27.4 Å². The average Bonchev–Trinajstić information content (AvgIpc) is 3.17. The van der Waals surface area contributed by atoms with Crippen molar-refractivity contribution in [2.45, 2.75) is 46.2 Å². The van der Waals surface area contributed by atoms with E-state index in [1.807, 2.05) is 4.90 Å². The van der Waals surface area contributed by atoms with E-state index in [0.29, 0.717) is 6.54 Å². The van der Waals surface area contributed by atoms with Crippen LogP contribution in [0.1, 0.15) is 38.7 Å². The minimum Gasteiger partial charge on any atom is -0.379 e. The Morgan fingerprint density at radius 3 is 2.61 bits per heavy atom. The lowest BCUT2D eigenvalue weighted by molar-refractivity contribution is 0.0364. The monoisotopic (exact) mass is 450 g/mol. The highest BCUT2D eigenvalue weighted by atomic mass is 16.5. The third-order valence-electron chi connectivity index (χ3n) is 6.63. The van der Waals surface area contributed by atoms with Crippen LogP contribution in [0.25, 0.3) is 21.8 Å². The first-order chi connectivity index (χ1) is 16.2. The van der Waals surface area contributed by atoms with Crippen molar-refractivity contribution in [2.75, 3.05) is 45.9 Å². The summed E-state index contributed by atoms with van der Waals surface area (Å²) >= 11 is 0. The number of aromatic nitrogens is 1. The van der Waals surface area contributed by atoms with E-state index >= 15 is 0 Å². The Bertz CT molecular complexity index is 1050. The second-order valence-electron chi connectivity index (χ2n) is 8.93. The van der Waals surface area contributed by atoms with Crippen LogP contribution >= 0.6 is 0 Å². The minimum atomic E-state index is 0.0431. The van der Waals surface area contributed by atoms with Gasteiger partial charge in [0, 0.05) is 67.6 Å². The van der Waals surface area contributed by atoms with Crippen molar-refractivity contribution >= 4 is 27.8 Å². The van der Waals surface area contributed by atoms with E-state index in [-0.39, 0.29) is 6.03 Å². The third kappa shape index (κ3) is 5.68. The number of aryl methyl sites for hydroxylation is 1. The number of hydrogen-bond acceptors (Lipinski definition) is 3. The van der Waals surface area contributed by atoms with E-state index in [2.05, 4.69) is 71.1 Å². The summed E-state index contributed by atoms with van der Waals surface area (Å²) in [5.74, 6) is 0. The molecule has 6 nitrogen and oxygen atoms in total. The van der Waals surface area contributed by atoms with Crippen LogP contribution in [0.4, 0.5) is 4.79 Å². The van der Waals surface area contributed by atoms with Gasteiger partial charge in [0.1, 0.15) is 0 Å². The number of fused-ring (bicyclic) bond motifs is 3. The first kappa shape index (κ1) is 23.6. The molecule has 0 aliphatic carbocycles. The number of unbranched alkanes of at least 4 members (excludes halogenated alkanes) is 1. The van der Waals surface area contributed by atoms with Gasteiger partial charge in [-0.25, -0.2) is 4.79 Å². The standard InChI is InChI=1S/C27H38N4O2/c1-3-5-13-28-27(32)30(15-8-14-29-16-18-33-19-17-29)21-22-11-12-26-24(20-22)23-9-6-7-10-25(23)31(26)4-2/h6-7,9-12,20H,3-5,8,13-19,21H2,1-2H3,(H,28,32). The molecule has 0 unspecified atom stereocenters. The first-order valence-corrected chi connectivity index (χ1v) is 12.5. The van der Waals surface area contributed by atoms with Crippen LogP contribution < -0.4 is 5.32 Å². The molecule has 1 fully saturated rings. The van der Waals surface area contributed by atoms with E-state index in [9.17, 15) is 4.79 Å². The Morgan fingerprint density at radius 2 is 1.82 bits per heavy atom. The van der Waals surface area contributed by atoms with E-state index in [0.717, 1.165) is 71.7 Å². The van der Waals surface area contributed by atoms with Crippen LogP contribution in [0.15, 0.2) is 42.5 Å². The number of urea groups is 1. The fourth-order valence-corrected chi connectivity index (χ4v) is 4.81. The molecular weight excluding hydrogens is 412 g/mol. The highest BCUT2D eigenvalue weighted by Crippen LogP contribution is 2.30. The van der Waals surface area contributed by atoms with Gasteiger partial charge in [-0.1, -0.05) is 37.6 Å². The number of nitrogens with one attached hydrogen (secondary N) is 1. The maximum atomic E-state index is 13.0. The molecule has 0 spiro atoms. The second kappa shape index (κ2) is 11.5. The molecule has 0 bridgehead atoms. The number of morpholine rings is 1. The Morgan fingerprint density at radius 1 is 1.03 bits per heavy atom. The Labute approximate surface area is 197 Å². The molecule has 178 valence electrons. The van der Waals surface area contributed by atoms with Gasteiger partial charge in [-0.15, -0.1) is 0 Å². The number of ether oxygens (including phenoxy) is 1. The molecule has 1 N–H and O–H groups in total. The lowest BCUT2D eigenvalue weighted by Gasteiger charge is -2.28. The molecule has 6 heteroatoms. The molecule has 2 aromatic carbocycles. The lowest BCUT2D eigenvalue weighted by atomic mass is 10.1. The third-order valence-corrected chi connectivity index (χ3v) is 6.63. The number of hydrogen-bond donors (Lipinski definition) is 1.